The molecule has 0 aliphatic rings. The number of amides is 1. The Balaban J connectivity index is 2.88. The summed E-state index contributed by atoms with van der Waals surface area (Å²) in [6.45, 7) is 3.11. The molecule has 0 aliphatic carbocycles. The molecule has 0 fully saturated rings. The van der Waals surface area contributed by atoms with Crippen LogP contribution in [0.5, 0.6) is 0 Å². The van der Waals surface area contributed by atoms with Crippen molar-refractivity contribution in [3.8, 4) is 0 Å². The first kappa shape index (κ1) is 22.7. The monoisotopic (exact) mass is 417 g/mol. The Morgan fingerprint density at radius 2 is 1.78 bits per heavy atom. The van der Waals surface area contributed by atoms with E-state index >= 15 is 0 Å². The summed E-state index contributed by atoms with van der Waals surface area (Å²) in [6, 6.07) is -0.536. The van der Waals surface area contributed by atoms with Crippen molar-refractivity contribution < 1.29 is 35.9 Å². The van der Waals surface area contributed by atoms with Crippen molar-refractivity contribution in [1.82, 2.24) is 10.3 Å². The highest BCUT2D eigenvalue weighted by Gasteiger charge is 2.36. The quantitative estimate of drug-likeness (QED) is 0.543. The molecule has 27 heavy (non-hydrogen) atoms. The van der Waals surface area contributed by atoms with Crippen LogP contribution >= 0.6 is 11.6 Å². The predicted octanol–water partition coefficient (Wildman–Crippen LogP) is 3.95. The first-order valence-corrected chi connectivity index (χ1v) is 7.68. The standard InChI is InChI=1S/C15H14ClF6N3O2/c1-7(2)11(23-4-3-10(26)15(20,21)22)13(27)25-12-9(16)5-8(6-24-12)14(17,18)19/h3-7,11,23H,1-2H3,(H,24,25,27). The van der Waals surface area contributed by atoms with Crippen molar-refractivity contribution in [2.75, 3.05) is 5.32 Å². The van der Waals surface area contributed by atoms with Gasteiger partial charge in [-0.1, -0.05) is 25.4 Å². The van der Waals surface area contributed by atoms with Gasteiger partial charge in [0.05, 0.1) is 10.6 Å². The number of carbonyl (C=O) groups is 2. The minimum absolute atomic E-state index is 0.214. The van der Waals surface area contributed by atoms with Crippen LogP contribution in [0.25, 0.3) is 0 Å². The molecule has 0 radical (unpaired) electrons. The molecule has 12 heteroatoms. The Bertz CT molecular complexity index is 731. The Kier molecular flexibility index (Phi) is 7.24. The van der Waals surface area contributed by atoms with E-state index in [0.717, 1.165) is 0 Å². The second-order valence-corrected chi connectivity index (χ2v) is 6.03. The lowest BCUT2D eigenvalue weighted by atomic mass is 10.0. The van der Waals surface area contributed by atoms with Crippen LogP contribution in [-0.2, 0) is 15.8 Å². The van der Waals surface area contributed by atoms with Gasteiger partial charge in [-0.2, -0.15) is 26.3 Å². The average molecular weight is 418 g/mol. The number of hydrogen-bond acceptors (Lipinski definition) is 4. The molecular weight excluding hydrogens is 404 g/mol. The molecule has 0 aromatic carbocycles. The fourth-order valence-electron chi connectivity index (χ4n) is 1.77. The number of hydrogen-bond donors (Lipinski definition) is 2. The molecule has 1 rings (SSSR count). The molecule has 0 bridgehead atoms. The topological polar surface area (TPSA) is 71.1 Å². The van der Waals surface area contributed by atoms with Gasteiger partial charge in [0.25, 0.3) is 5.78 Å². The largest absolute Gasteiger partial charge is 0.454 e. The third-order valence-corrected chi connectivity index (χ3v) is 3.44. The summed E-state index contributed by atoms with van der Waals surface area (Å²) in [6.07, 6.45) is -8.36. The molecule has 0 aliphatic heterocycles. The van der Waals surface area contributed by atoms with Gasteiger partial charge >= 0.3 is 12.4 Å². The number of rotatable bonds is 6. The lowest BCUT2D eigenvalue weighted by molar-refractivity contribution is -0.165. The zero-order valence-electron chi connectivity index (χ0n) is 13.9. The van der Waals surface area contributed by atoms with E-state index in [1.54, 1.807) is 13.8 Å². The number of halogens is 7. The normalized spacial score (nSPS) is 13.7. The van der Waals surface area contributed by atoms with Gasteiger partial charge in [0.1, 0.15) is 6.04 Å². The number of alkyl halides is 6. The van der Waals surface area contributed by atoms with Gasteiger partial charge in [0.2, 0.25) is 5.91 Å². The van der Waals surface area contributed by atoms with Crippen molar-refractivity contribution in [3.63, 3.8) is 0 Å². The summed E-state index contributed by atoms with van der Waals surface area (Å²) >= 11 is 5.68. The zero-order chi connectivity index (χ0) is 21.0. The van der Waals surface area contributed by atoms with Crippen molar-refractivity contribution >= 4 is 29.1 Å². The van der Waals surface area contributed by atoms with Gasteiger partial charge in [-0.05, 0) is 12.0 Å². The Hall–Kier alpha value is -2.30. The molecule has 2 N–H and O–H groups in total. The Morgan fingerprint density at radius 1 is 1.19 bits per heavy atom. The summed E-state index contributed by atoms with van der Waals surface area (Å²) in [5.41, 5.74) is -1.11. The molecule has 150 valence electrons. The van der Waals surface area contributed by atoms with Crippen LogP contribution in [0.1, 0.15) is 19.4 Å². The lowest BCUT2D eigenvalue weighted by Gasteiger charge is -2.20. The number of ketones is 1. The van der Waals surface area contributed by atoms with Crippen molar-refractivity contribution in [2.45, 2.75) is 32.2 Å². The summed E-state index contributed by atoms with van der Waals surface area (Å²) in [7, 11) is 0. The number of nitrogens with one attached hydrogen (secondary N) is 2. The van der Waals surface area contributed by atoms with Gasteiger partial charge in [-0.25, -0.2) is 4.98 Å². The third-order valence-electron chi connectivity index (χ3n) is 3.15. The van der Waals surface area contributed by atoms with E-state index in [2.05, 4.69) is 15.6 Å². The van der Waals surface area contributed by atoms with E-state index in [9.17, 15) is 35.9 Å². The maximum atomic E-state index is 12.6. The summed E-state index contributed by atoms with van der Waals surface area (Å²) in [4.78, 5) is 26.4. The summed E-state index contributed by atoms with van der Waals surface area (Å²) in [5.74, 6) is -3.74. The number of anilines is 1. The van der Waals surface area contributed by atoms with Crippen LogP contribution in [-0.4, -0.2) is 28.9 Å². The molecule has 1 heterocycles. The highest BCUT2D eigenvalue weighted by Crippen LogP contribution is 2.32. The second-order valence-electron chi connectivity index (χ2n) is 5.63. The Morgan fingerprint density at radius 3 is 2.22 bits per heavy atom. The number of pyridine rings is 1. The van der Waals surface area contributed by atoms with E-state index < -0.39 is 46.6 Å². The van der Waals surface area contributed by atoms with E-state index in [0.29, 0.717) is 18.5 Å². The minimum Gasteiger partial charge on any atom is -0.379 e. The minimum atomic E-state index is -5.05. The lowest BCUT2D eigenvalue weighted by Crippen LogP contribution is -2.42. The molecule has 1 amide bonds. The van der Waals surface area contributed by atoms with Crippen LogP contribution < -0.4 is 10.6 Å². The Labute approximate surface area is 154 Å². The van der Waals surface area contributed by atoms with Crippen molar-refractivity contribution in [1.29, 1.82) is 0 Å². The van der Waals surface area contributed by atoms with Gasteiger partial charge < -0.3 is 10.6 Å². The third kappa shape index (κ3) is 6.74. The molecule has 1 aromatic rings. The maximum Gasteiger partial charge on any atom is 0.454 e. The van der Waals surface area contributed by atoms with Crippen LogP contribution in [0, 0.1) is 5.92 Å². The van der Waals surface area contributed by atoms with E-state index in [-0.39, 0.29) is 11.9 Å². The zero-order valence-corrected chi connectivity index (χ0v) is 14.6. The number of nitrogens with zero attached hydrogens (tertiary/aromatic N) is 1. The molecule has 5 nitrogen and oxygen atoms in total. The van der Waals surface area contributed by atoms with Gasteiger partial charge in [0.15, 0.2) is 5.82 Å². The first-order valence-electron chi connectivity index (χ1n) is 7.31. The summed E-state index contributed by atoms with van der Waals surface area (Å²) in [5, 5.41) is 4.05. The number of aromatic nitrogens is 1. The highest BCUT2D eigenvalue weighted by atomic mass is 35.5. The molecule has 0 saturated carbocycles. The fraction of sp³-hybridized carbons (Fsp3) is 0.400. The maximum absolute atomic E-state index is 12.6. The van der Waals surface area contributed by atoms with Crippen LogP contribution in [0.15, 0.2) is 24.5 Å². The van der Waals surface area contributed by atoms with Crippen LogP contribution in [0.3, 0.4) is 0 Å². The molecule has 1 aromatic heterocycles. The predicted molar refractivity (Wildman–Crippen MR) is 84.8 cm³/mol. The highest BCUT2D eigenvalue weighted by molar-refractivity contribution is 6.33. The molecular formula is C15H14ClF6N3O2. The van der Waals surface area contributed by atoms with Gasteiger partial charge in [0, 0.05) is 18.5 Å². The molecule has 1 unspecified atom stereocenters. The van der Waals surface area contributed by atoms with Crippen molar-refractivity contribution in [2.24, 2.45) is 5.92 Å². The summed E-state index contributed by atoms with van der Waals surface area (Å²) < 4.78 is 74.1. The van der Waals surface area contributed by atoms with Crippen LogP contribution in [0.4, 0.5) is 32.2 Å². The van der Waals surface area contributed by atoms with Gasteiger partial charge in [-0.3, -0.25) is 9.59 Å². The molecule has 1 atom stereocenters. The second kappa shape index (κ2) is 8.59. The molecule has 0 spiro atoms. The number of allylic oxidation sites excluding steroid dienone is 1. The van der Waals surface area contributed by atoms with Crippen LogP contribution in [0.2, 0.25) is 5.02 Å². The SMILES string of the molecule is CC(C)C(NC=CC(=O)C(F)(F)F)C(=O)Nc1ncc(C(F)(F)F)cc1Cl. The van der Waals surface area contributed by atoms with E-state index in [4.69, 9.17) is 11.6 Å². The van der Waals surface area contributed by atoms with E-state index in [1.165, 1.54) is 0 Å². The van der Waals surface area contributed by atoms with E-state index in [1.807, 2.05) is 0 Å². The fourth-order valence-corrected chi connectivity index (χ4v) is 1.99. The number of carbonyl (C=O) groups excluding carboxylic acids is 2. The first-order chi connectivity index (χ1) is 12.2. The average Bonchev–Trinajstić information content (AvgIpc) is 2.50. The van der Waals surface area contributed by atoms with Gasteiger partial charge in [-0.15, -0.1) is 0 Å². The smallest absolute Gasteiger partial charge is 0.379 e. The van der Waals surface area contributed by atoms with Crippen molar-refractivity contribution in [3.05, 3.63) is 35.1 Å². The molecule has 0 saturated heterocycles.